The highest BCUT2D eigenvalue weighted by Gasteiger charge is 2.27. The van der Waals surface area contributed by atoms with Crippen LogP contribution in [-0.4, -0.2) is 18.7 Å². The van der Waals surface area contributed by atoms with Crippen molar-refractivity contribution in [3.8, 4) is 5.75 Å². The van der Waals surface area contributed by atoms with Gasteiger partial charge in [0.2, 0.25) is 0 Å². The van der Waals surface area contributed by atoms with Crippen LogP contribution in [0, 0.1) is 11.8 Å². The Bertz CT molecular complexity index is 476. The Hall–Kier alpha value is -0.540. The smallest absolute Gasteiger partial charge is 0.123 e. The minimum Gasteiger partial charge on any atom is -0.488 e. The third-order valence-corrected chi connectivity index (χ3v) is 5.49. The number of hydrogen-bond acceptors (Lipinski definition) is 2. The molecule has 1 aliphatic heterocycles. The van der Waals surface area contributed by atoms with Crippen LogP contribution in [0.25, 0.3) is 0 Å². The van der Waals surface area contributed by atoms with Crippen LogP contribution in [0.5, 0.6) is 5.75 Å². The first-order chi connectivity index (χ1) is 9.61. The summed E-state index contributed by atoms with van der Waals surface area (Å²) in [5.41, 5.74) is 1.33. The van der Waals surface area contributed by atoms with Crippen LogP contribution < -0.4 is 10.1 Å². The molecule has 0 spiro atoms. The van der Waals surface area contributed by atoms with Crippen LogP contribution >= 0.6 is 15.9 Å². The lowest BCUT2D eigenvalue weighted by atomic mass is 9.79. The van der Waals surface area contributed by atoms with Gasteiger partial charge in [0.1, 0.15) is 11.9 Å². The summed E-state index contributed by atoms with van der Waals surface area (Å²) in [7, 11) is 0. The largest absolute Gasteiger partial charge is 0.488 e. The predicted octanol–water partition coefficient (Wildman–Crippen LogP) is 4.17. The van der Waals surface area contributed by atoms with Gasteiger partial charge in [0.25, 0.3) is 0 Å². The van der Waals surface area contributed by atoms with E-state index in [2.05, 4.69) is 53.3 Å². The number of rotatable bonds is 3. The molecule has 0 radical (unpaired) electrons. The van der Waals surface area contributed by atoms with E-state index < -0.39 is 0 Å². The molecule has 0 aromatic heterocycles. The lowest BCUT2D eigenvalue weighted by molar-refractivity contribution is 0.188. The monoisotopic (exact) mass is 337 g/mol. The van der Waals surface area contributed by atoms with Crippen molar-refractivity contribution in [2.45, 2.75) is 51.7 Å². The van der Waals surface area contributed by atoms with Crippen molar-refractivity contribution in [1.29, 1.82) is 0 Å². The van der Waals surface area contributed by atoms with Gasteiger partial charge in [-0.3, -0.25) is 0 Å². The number of halogens is 1. The van der Waals surface area contributed by atoms with Gasteiger partial charge in [0.15, 0.2) is 0 Å². The Kier molecular flexibility index (Phi) is 4.37. The van der Waals surface area contributed by atoms with E-state index in [-0.39, 0.29) is 0 Å². The van der Waals surface area contributed by atoms with Crippen LogP contribution in [0.4, 0.5) is 0 Å². The van der Waals surface area contributed by atoms with Crippen LogP contribution in [0.3, 0.4) is 0 Å². The summed E-state index contributed by atoms with van der Waals surface area (Å²) < 4.78 is 7.16. The molecule has 1 N–H and O–H groups in total. The van der Waals surface area contributed by atoms with Gasteiger partial charge in [0, 0.05) is 23.5 Å². The molecule has 0 amide bonds. The number of nitrogens with one attached hydrogen (secondary N) is 1. The Labute approximate surface area is 130 Å². The van der Waals surface area contributed by atoms with Crippen LogP contribution in [0.2, 0.25) is 0 Å². The van der Waals surface area contributed by atoms with Crippen molar-refractivity contribution in [2.24, 2.45) is 11.8 Å². The average molecular weight is 338 g/mol. The minimum atomic E-state index is 0.300. The number of ether oxygens (including phenoxy) is 1. The highest BCUT2D eigenvalue weighted by atomic mass is 79.9. The zero-order valence-electron chi connectivity index (χ0n) is 12.4. The van der Waals surface area contributed by atoms with E-state index in [1.54, 1.807) is 0 Å². The second-order valence-corrected chi connectivity index (χ2v) is 7.48. The molecule has 1 aliphatic carbocycles. The maximum Gasteiger partial charge on any atom is 0.123 e. The quantitative estimate of drug-likeness (QED) is 0.893. The normalized spacial score (nSPS) is 32.8. The molecular formula is C17H24BrNO. The molecule has 3 rings (SSSR count). The molecule has 0 saturated heterocycles. The maximum atomic E-state index is 6.02. The second kappa shape index (κ2) is 6.07. The van der Waals surface area contributed by atoms with Gasteiger partial charge in [-0.2, -0.15) is 0 Å². The molecule has 3 heteroatoms. The van der Waals surface area contributed by atoms with Gasteiger partial charge >= 0.3 is 0 Å². The molecule has 1 aromatic rings. The molecule has 1 fully saturated rings. The molecule has 2 nitrogen and oxygen atoms in total. The van der Waals surface area contributed by atoms with E-state index in [0.29, 0.717) is 12.1 Å². The highest BCUT2D eigenvalue weighted by Crippen LogP contribution is 2.32. The first-order valence-corrected chi connectivity index (χ1v) is 8.59. The molecule has 2 aliphatic rings. The van der Waals surface area contributed by atoms with Gasteiger partial charge in [0.05, 0.1) is 0 Å². The number of fused-ring (bicyclic) bond motifs is 1. The molecule has 110 valence electrons. The van der Waals surface area contributed by atoms with Gasteiger partial charge in [-0.05, 0) is 54.9 Å². The molecule has 1 saturated carbocycles. The zero-order valence-corrected chi connectivity index (χ0v) is 13.9. The highest BCUT2D eigenvalue weighted by molar-refractivity contribution is 9.10. The van der Waals surface area contributed by atoms with Crippen molar-refractivity contribution in [3.63, 3.8) is 0 Å². The summed E-state index contributed by atoms with van der Waals surface area (Å²) in [5.74, 6) is 2.79. The predicted molar refractivity (Wildman–Crippen MR) is 86.2 cm³/mol. The van der Waals surface area contributed by atoms with E-state index in [9.17, 15) is 0 Å². The molecule has 4 atom stereocenters. The Morgan fingerprint density at radius 1 is 1.25 bits per heavy atom. The summed E-state index contributed by atoms with van der Waals surface area (Å²) in [4.78, 5) is 0. The lowest BCUT2D eigenvalue weighted by Crippen LogP contribution is -2.41. The first kappa shape index (κ1) is 14.4. The van der Waals surface area contributed by atoms with Crippen LogP contribution in [0.1, 0.15) is 38.7 Å². The van der Waals surface area contributed by atoms with Crippen molar-refractivity contribution >= 4 is 15.9 Å². The Morgan fingerprint density at radius 3 is 2.90 bits per heavy atom. The van der Waals surface area contributed by atoms with Gasteiger partial charge in [-0.15, -0.1) is 0 Å². The summed E-state index contributed by atoms with van der Waals surface area (Å²) in [6, 6.07) is 6.99. The molecule has 1 aromatic carbocycles. The first-order valence-electron chi connectivity index (χ1n) is 7.80. The van der Waals surface area contributed by atoms with Crippen molar-refractivity contribution in [2.75, 3.05) is 6.54 Å². The van der Waals surface area contributed by atoms with E-state index in [1.165, 1.54) is 24.8 Å². The van der Waals surface area contributed by atoms with Crippen LogP contribution in [0.15, 0.2) is 22.7 Å². The molecule has 0 bridgehead atoms. The summed E-state index contributed by atoms with van der Waals surface area (Å²) in [6.45, 7) is 5.74. The Morgan fingerprint density at radius 2 is 2.10 bits per heavy atom. The average Bonchev–Trinajstić information content (AvgIpc) is 2.82. The summed E-state index contributed by atoms with van der Waals surface area (Å²) in [6.07, 6.45) is 5.31. The standard InChI is InChI=1S/C17H24BrNO/c1-11-3-5-15(7-12(11)2)19-10-16-9-13-8-14(18)4-6-17(13)20-16/h4,6,8,11-12,15-16,19H,3,5,7,9-10H2,1-2H3. The fourth-order valence-corrected chi connectivity index (χ4v) is 3.84. The zero-order chi connectivity index (χ0) is 14.1. The number of hydrogen-bond donors (Lipinski definition) is 1. The van der Waals surface area contributed by atoms with E-state index >= 15 is 0 Å². The van der Waals surface area contributed by atoms with Gasteiger partial charge in [-0.1, -0.05) is 29.8 Å². The topological polar surface area (TPSA) is 21.3 Å². The van der Waals surface area contributed by atoms with Crippen LogP contribution in [-0.2, 0) is 6.42 Å². The minimum absolute atomic E-state index is 0.300. The van der Waals surface area contributed by atoms with E-state index in [4.69, 9.17) is 4.74 Å². The van der Waals surface area contributed by atoms with Crippen molar-refractivity contribution in [1.82, 2.24) is 5.32 Å². The van der Waals surface area contributed by atoms with Crippen molar-refractivity contribution < 1.29 is 4.74 Å². The fourth-order valence-electron chi connectivity index (χ4n) is 3.43. The SMILES string of the molecule is CC1CCC(NCC2Cc3cc(Br)ccc3O2)CC1C. The second-order valence-electron chi connectivity index (χ2n) is 6.57. The Balaban J connectivity index is 1.49. The van der Waals surface area contributed by atoms with E-state index in [0.717, 1.165) is 35.0 Å². The van der Waals surface area contributed by atoms with Gasteiger partial charge in [-0.25, -0.2) is 0 Å². The molecule has 4 unspecified atom stereocenters. The van der Waals surface area contributed by atoms with E-state index in [1.807, 2.05) is 0 Å². The van der Waals surface area contributed by atoms with Crippen molar-refractivity contribution in [3.05, 3.63) is 28.2 Å². The fraction of sp³-hybridized carbons (Fsp3) is 0.647. The molecular weight excluding hydrogens is 314 g/mol. The third-order valence-electron chi connectivity index (χ3n) is 5.00. The third kappa shape index (κ3) is 3.20. The molecule has 1 heterocycles. The van der Waals surface area contributed by atoms with Gasteiger partial charge < -0.3 is 10.1 Å². The summed E-state index contributed by atoms with van der Waals surface area (Å²) >= 11 is 3.53. The molecule has 20 heavy (non-hydrogen) atoms. The summed E-state index contributed by atoms with van der Waals surface area (Å²) in [5, 5.41) is 3.73. The number of benzene rings is 1. The lowest BCUT2D eigenvalue weighted by Gasteiger charge is -2.33. The maximum absolute atomic E-state index is 6.02.